The van der Waals surface area contributed by atoms with Crippen LogP contribution in [0.15, 0.2) is 130 Å². The molecule has 4 nitrogen and oxygen atoms in total. The summed E-state index contributed by atoms with van der Waals surface area (Å²) in [4.78, 5) is 2.51. The van der Waals surface area contributed by atoms with Crippen LogP contribution in [0.5, 0.6) is 0 Å². The number of para-hydroxylation sites is 4. The third-order valence-corrected chi connectivity index (χ3v) is 8.70. The Kier molecular flexibility index (Phi) is 3.70. The predicted molar refractivity (Wildman–Crippen MR) is 163 cm³/mol. The normalized spacial score (nSPS) is 17.1. The van der Waals surface area contributed by atoms with E-state index in [4.69, 9.17) is 8.83 Å². The van der Waals surface area contributed by atoms with Crippen molar-refractivity contribution in [3.05, 3.63) is 127 Å². The number of furan rings is 2. The van der Waals surface area contributed by atoms with E-state index in [1.54, 1.807) is 0 Å². The summed E-state index contributed by atoms with van der Waals surface area (Å²) in [5.74, 6) is 0. The Bertz CT molecular complexity index is 2350. The van der Waals surface area contributed by atoms with Gasteiger partial charge in [-0.15, -0.1) is 0 Å². The van der Waals surface area contributed by atoms with Gasteiger partial charge in [0.15, 0.2) is 0 Å². The van der Waals surface area contributed by atoms with E-state index >= 15 is 0 Å². The van der Waals surface area contributed by atoms with Gasteiger partial charge in [0.1, 0.15) is 34.1 Å². The molecule has 10 rings (SSSR count). The summed E-state index contributed by atoms with van der Waals surface area (Å²) in [7, 11) is 0. The minimum absolute atomic E-state index is 0.0611. The first-order chi connectivity index (χ1) is 19.8. The fourth-order valence-electron chi connectivity index (χ4n) is 7.12. The Balaban J connectivity index is 1.29. The molecule has 4 heteroatoms. The molecule has 0 fully saturated rings. The molecule has 4 heterocycles. The van der Waals surface area contributed by atoms with E-state index in [0.29, 0.717) is 0 Å². The number of rotatable bonds is 1. The summed E-state index contributed by atoms with van der Waals surface area (Å²) in [6.45, 7) is 0. The molecule has 0 saturated carbocycles. The van der Waals surface area contributed by atoms with Crippen molar-refractivity contribution in [2.45, 2.75) is 6.04 Å². The van der Waals surface area contributed by atoms with Crippen LogP contribution in [0.4, 0.5) is 22.7 Å². The second kappa shape index (κ2) is 7.19. The van der Waals surface area contributed by atoms with Crippen LogP contribution in [0, 0.1) is 0 Å². The summed E-state index contributed by atoms with van der Waals surface area (Å²) < 4.78 is 14.9. The number of benzene rings is 5. The smallest absolute Gasteiger partial charge is 0.235 e. The van der Waals surface area contributed by atoms with Crippen LogP contribution >= 0.6 is 0 Å². The van der Waals surface area contributed by atoms with Gasteiger partial charge in [-0.3, -0.25) is 0 Å². The molecule has 186 valence electrons. The topological polar surface area (TPSA) is 32.5 Å². The number of hydrogen-bond acceptors (Lipinski definition) is 3. The van der Waals surface area contributed by atoms with Gasteiger partial charge in [0.05, 0.1) is 5.69 Å². The van der Waals surface area contributed by atoms with Crippen molar-refractivity contribution in [1.29, 1.82) is 0 Å². The molecule has 1 unspecified atom stereocenters. The van der Waals surface area contributed by atoms with Crippen LogP contribution in [0.25, 0.3) is 49.5 Å². The van der Waals surface area contributed by atoms with Gasteiger partial charge in [-0.1, -0.05) is 60.7 Å². The first-order valence-electron chi connectivity index (χ1n) is 13.6. The number of fused-ring (bicyclic) bond motifs is 12. The SMILES string of the molecule is C1=CC2=[N+](c3ccc4oc5ccccc5c4c3)c3ccccc3N3c4ccc5oc6ccccc6c5c4C(=C1)C23. The summed E-state index contributed by atoms with van der Waals surface area (Å²) in [5, 5.41) is 4.62. The maximum absolute atomic E-state index is 6.31. The van der Waals surface area contributed by atoms with Crippen molar-refractivity contribution in [3.63, 3.8) is 0 Å². The number of anilines is 2. The highest BCUT2D eigenvalue weighted by Crippen LogP contribution is 2.55. The average molecular weight is 514 g/mol. The Morgan fingerprint density at radius 1 is 0.625 bits per heavy atom. The van der Waals surface area contributed by atoms with Gasteiger partial charge in [0.2, 0.25) is 17.1 Å². The summed E-state index contributed by atoms with van der Waals surface area (Å²) in [6.07, 6.45) is 6.75. The summed E-state index contributed by atoms with van der Waals surface area (Å²) in [6, 6.07) is 36.4. The maximum atomic E-state index is 6.31. The maximum Gasteiger partial charge on any atom is 0.235 e. The van der Waals surface area contributed by atoms with Gasteiger partial charge in [0.25, 0.3) is 0 Å². The van der Waals surface area contributed by atoms with E-state index in [1.807, 2.05) is 18.2 Å². The zero-order valence-corrected chi connectivity index (χ0v) is 21.3. The second-order valence-electron chi connectivity index (χ2n) is 10.7. The van der Waals surface area contributed by atoms with E-state index in [2.05, 4.69) is 113 Å². The molecule has 0 amide bonds. The van der Waals surface area contributed by atoms with Gasteiger partial charge < -0.3 is 13.7 Å². The third kappa shape index (κ3) is 2.45. The van der Waals surface area contributed by atoms with Crippen LogP contribution < -0.4 is 9.48 Å². The summed E-state index contributed by atoms with van der Waals surface area (Å²) >= 11 is 0. The molecule has 0 spiro atoms. The van der Waals surface area contributed by atoms with Gasteiger partial charge in [-0.2, -0.15) is 4.58 Å². The molecular weight excluding hydrogens is 492 g/mol. The Labute approximate surface area is 229 Å². The molecule has 1 atom stereocenters. The highest BCUT2D eigenvalue weighted by atomic mass is 16.3. The van der Waals surface area contributed by atoms with Gasteiger partial charge >= 0.3 is 0 Å². The van der Waals surface area contributed by atoms with Crippen LogP contribution in [0.1, 0.15) is 5.56 Å². The number of allylic oxidation sites excluding steroid dienone is 2. The third-order valence-electron chi connectivity index (χ3n) is 8.70. The minimum atomic E-state index is 0.0611. The van der Waals surface area contributed by atoms with E-state index < -0.39 is 0 Å². The molecule has 1 aliphatic carbocycles. The van der Waals surface area contributed by atoms with Crippen molar-refractivity contribution in [2.75, 3.05) is 4.90 Å². The van der Waals surface area contributed by atoms with Crippen molar-refractivity contribution in [2.24, 2.45) is 0 Å². The van der Waals surface area contributed by atoms with E-state index in [-0.39, 0.29) is 6.04 Å². The minimum Gasteiger partial charge on any atom is -0.456 e. The van der Waals surface area contributed by atoms with Crippen molar-refractivity contribution in [1.82, 2.24) is 4.58 Å². The molecular formula is C36H21N2O2+. The molecule has 0 saturated heterocycles. The summed E-state index contributed by atoms with van der Waals surface area (Å²) in [5.41, 5.74) is 12.2. The first kappa shape index (κ1) is 20.6. The lowest BCUT2D eigenvalue weighted by Gasteiger charge is -2.32. The first-order valence-corrected chi connectivity index (χ1v) is 13.6. The molecule has 3 aliphatic rings. The fourth-order valence-corrected chi connectivity index (χ4v) is 7.12. The van der Waals surface area contributed by atoms with Crippen LogP contribution in [0.3, 0.4) is 0 Å². The fraction of sp³-hybridized carbons (Fsp3) is 0.0278. The van der Waals surface area contributed by atoms with E-state index in [0.717, 1.165) is 49.9 Å². The Morgan fingerprint density at radius 3 is 2.27 bits per heavy atom. The molecule has 0 radical (unpaired) electrons. The Morgan fingerprint density at radius 2 is 1.35 bits per heavy atom. The van der Waals surface area contributed by atoms with Gasteiger partial charge in [0, 0.05) is 51.4 Å². The van der Waals surface area contributed by atoms with Gasteiger partial charge in [-0.25, -0.2) is 0 Å². The number of hydrogen-bond donors (Lipinski definition) is 0. The van der Waals surface area contributed by atoms with E-state index in [1.165, 1.54) is 33.6 Å². The molecule has 0 bridgehead atoms. The zero-order valence-electron chi connectivity index (χ0n) is 21.3. The van der Waals surface area contributed by atoms with Crippen molar-refractivity contribution in [3.8, 4) is 0 Å². The van der Waals surface area contributed by atoms with Crippen LogP contribution in [-0.4, -0.2) is 11.8 Å². The zero-order chi connectivity index (χ0) is 25.9. The van der Waals surface area contributed by atoms with Crippen molar-refractivity contribution >= 4 is 77.9 Å². The molecule has 7 aromatic rings. The lowest BCUT2D eigenvalue weighted by molar-refractivity contribution is 0.668. The molecule has 40 heavy (non-hydrogen) atoms. The monoisotopic (exact) mass is 513 g/mol. The lowest BCUT2D eigenvalue weighted by Crippen LogP contribution is -2.43. The lowest BCUT2D eigenvalue weighted by atomic mass is 9.90. The Hall–Kier alpha value is -5.35. The highest BCUT2D eigenvalue weighted by molar-refractivity contribution is 6.26. The van der Waals surface area contributed by atoms with Gasteiger partial charge in [-0.05, 0) is 42.0 Å². The molecule has 2 aliphatic heterocycles. The van der Waals surface area contributed by atoms with E-state index in [9.17, 15) is 0 Å². The average Bonchev–Trinajstić information content (AvgIpc) is 3.67. The molecule has 0 N–H and O–H groups in total. The number of nitrogens with zero attached hydrogens (tertiary/aromatic N) is 2. The largest absolute Gasteiger partial charge is 0.456 e. The van der Waals surface area contributed by atoms with Crippen LogP contribution in [0.2, 0.25) is 0 Å². The second-order valence-corrected chi connectivity index (χ2v) is 10.7. The standard InChI is InChI=1S/C36H21N2O2/c1-5-14-30-22(8-1)25-20-21(16-18-32(25)39-30)37-26-11-3-4-12-27(26)38-28-17-19-33-35(23-9-2-6-15-31(23)40-33)34(28)24-10-7-13-29(37)36(24)38/h1-20,36H/q+1. The van der Waals surface area contributed by atoms with Crippen LogP contribution in [-0.2, 0) is 0 Å². The predicted octanol–water partition coefficient (Wildman–Crippen LogP) is 9.25. The molecule has 5 aromatic carbocycles. The molecule has 2 aromatic heterocycles. The van der Waals surface area contributed by atoms with Crippen molar-refractivity contribution < 1.29 is 8.83 Å². The highest BCUT2D eigenvalue weighted by Gasteiger charge is 2.49. The quantitative estimate of drug-likeness (QED) is 0.205.